The number of halogens is 1. The Morgan fingerprint density at radius 1 is 1.59 bits per heavy atom. The van der Waals surface area contributed by atoms with Crippen LogP contribution in [0.2, 0.25) is 0 Å². The Bertz CT molecular complexity index is 548. The van der Waals surface area contributed by atoms with E-state index in [0.29, 0.717) is 12.2 Å². The predicted octanol–water partition coefficient (Wildman–Crippen LogP) is 2.43. The molecule has 0 atom stereocenters. The lowest BCUT2D eigenvalue weighted by atomic mass is 10.3. The van der Waals surface area contributed by atoms with E-state index < -0.39 is 0 Å². The van der Waals surface area contributed by atoms with Crippen molar-refractivity contribution in [3.8, 4) is 0 Å². The van der Waals surface area contributed by atoms with E-state index in [2.05, 4.69) is 35.8 Å². The fourth-order valence-electron chi connectivity index (χ4n) is 1.33. The third-order valence-electron chi connectivity index (χ3n) is 2.14. The lowest BCUT2D eigenvalue weighted by molar-refractivity contribution is -0.115. The first-order valence-corrected chi connectivity index (χ1v) is 6.55. The zero-order valence-electron chi connectivity index (χ0n) is 9.37. The van der Waals surface area contributed by atoms with E-state index in [1.807, 2.05) is 19.9 Å². The molecule has 5 nitrogen and oxygen atoms in total. The van der Waals surface area contributed by atoms with Crippen LogP contribution in [0.5, 0.6) is 0 Å². The van der Waals surface area contributed by atoms with Gasteiger partial charge in [-0.15, -0.1) is 0 Å². The number of anilines is 1. The van der Waals surface area contributed by atoms with Crippen LogP contribution in [-0.2, 0) is 11.2 Å². The molecule has 1 amide bonds. The number of aryl methyl sites for hydroxylation is 2. The van der Waals surface area contributed by atoms with Crippen LogP contribution in [0.25, 0.3) is 0 Å². The molecule has 17 heavy (non-hydrogen) atoms. The lowest BCUT2D eigenvalue weighted by Crippen LogP contribution is -2.14. The quantitative estimate of drug-likeness (QED) is 0.914. The van der Waals surface area contributed by atoms with E-state index in [-0.39, 0.29) is 5.91 Å². The fourth-order valence-corrected chi connectivity index (χ4v) is 2.34. The summed E-state index contributed by atoms with van der Waals surface area (Å²) in [6.45, 7) is 3.78. The maximum atomic E-state index is 11.7. The Kier molecular flexibility index (Phi) is 3.58. The number of nitrogens with zero attached hydrogens (tertiary/aromatic N) is 2. The molecule has 7 heteroatoms. The van der Waals surface area contributed by atoms with Crippen LogP contribution in [0.15, 0.2) is 10.5 Å². The average molecular weight is 315 g/mol. The van der Waals surface area contributed by atoms with Gasteiger partial charge in [-0.3, -0.25) is 9.89 Å². The molecule has 0 radical (unpaired) electrons. The van der Waals surface area contributed by atoms with Crippen molar-refractivity contribution >= 4 is 39.2 Å². The van der Waals surface area contributed by atoms with Crippen molar-refractivity contribution in [2.45, 2.75) is 20.3 Å². The average Bonchev–Trinajstić information content (AvgIpc) is 2.79. The number of hydrogen-bond acceptors (Lipinski definition) is 4. The third kappa shape index (κ3) is 2.92. The SMILES string of the molecule is Cc1cc(CC(=O)Nc2n[nH]c(C)c2Br)sn1. The molecule has 2 heterocycles. The summed E-state index contributed by atoms with van der Waals surface area (Å²) >= 11 is 4.70. The second kappa shape index (κ2) is 4.97. The van der Waals surface area contributed by atoms with Gasteiger partial charge in [-0.25, -0.2) is 0 Å². The largest absolute Gasteiger partial charge is 0.308 e. The highest BCUT2D eigenvalue weighted by Crippen LogP contribution is 2.23. The highest BCUT2D eigenvalue weighted by atomic mass is 79.9. The van der Waals surface area contributed by atoms with Crippen LogP contribution in [-0.4, -0.2) is 20.5 Å². The van der Waals surface area contributed by atoms with Crippen molar-refractivity contribution in [2.24, 2.45) is 0 Å². The van der Waals surface area contributed by atoms with Gasteiger partial charge in [0.05, 0.1) is 16.6 Å². The molecule has 0 spiro atoms. The molecule has 0 aliphatic rings. The van der Waals surface area contributed by atoms with Gasteiger partial charge in [0.2, 0.25) is 5.91 Å². The highest BCUT2D eigenvalue weighted by molar-refractivity contribution is 9.10. The smallest absolute Gasteiger partial charge is 0.230 e. The van der Waals surface area contributed by atoms with Crippen LogP contribution in [0.4, 0.5) is 5.82 Å². The predicted molar refractivity (Wildman–Crippen MR) is 70.2 cm³/mol. The molecule has 0 aromatic carbocycles. The molecule has 0 fully saturated rings. The van der Waals surface area contributed by atoms with E-state index >= 15 is 0 Å². The van der Waals surface area contributed by atoms with Crippen molar-refractivity contribution in [1.29, 1.82) is 0 Å². The normalized spacial score (nSPS) is 10.5. The number of carbonyl (C=O) groups excluding carboxylic acids is 1. The molecule has 2 N–H and O–H groups in total. The standard InChI is InChI=1S/C10H11BrN4OS/c1-5-3-7(17-15-5)4-8(16)12-10-9(11)6(2)13-14-10/h3H,4H2,1-2H3,(H2,12,13,14,16). The molecule has 90 valence electrons. The second-order valence-corrected chi connectivity index (χ2v) is 5.35. The first-order valence-electron chi connectivity index (χ1n) is 4.99. The van der Waals surface area contributed by atoms with E-state index in [4.69, 9.17) is 0 Å². The van der Waals surface area contributed by atoms with Crippen LogP contribution in [0.1, 0.15) is 16.3 Å². The monoisotopic (exact) mass is 314 g/mol. The van der Waals surface area contributed by atoms with Crippen LogP contribution in [0, 0.1) is 13.8 Å². The Morgan fingerprint density at radius 3 is 2.88 bits per heavy atom. The van der Waals surface area contributed by atoms with Crippen molar-refractivity contribution in [3.05, 3.63) is 26.8 Å². The van der Waals surface area contributed by atoms with Gasteiger partial charge in [0.1, 0.15) is 0 Å². The molecule has 0 aliphatic carbocycles. The van der Waals surface area contributed by atoms with Gasteiger partial charge in [0, 0.05) is 10.6 Å². The first kappa shape index (κ1) is 12.3. The fraction of sp³-hybridized carbons (Fsp3) is 0.300. The van der Waals surface area contributed by atoms with E-state index in [9.17, 15) is 4.79 Å². The second-order valence-electron chi connectivity index (χ2n) is 3.67. The molecule has 2 rings (SSSR count). The number of rotatable bonds is 3. The minimum absolute atomic E-state index is 0.0964. The molecule has 0 saturated heterocycles. The Morgan fingerprint density at radius 2 is 2.35 bits per heavy atom. The van der Waals surface area contributed by atoms with Crippen LogP contribution < -0.4 is 5.32 Å². The van der Waals surface area contributed by atoms with Crippen molar-refractivity contribution in [2.75, 3.05) is 5.32 Å². The van der Waals surface area contributed by atoms with Gasteiger partial charge in [0.25, 0.3) is 0 Å². The number of aromatic amines is 1. The minimum atomic E-state index is -0.0964. The van der Waals surface area contributed by atoms with Gasteiger partial charge in [-0.2, -0.15) is 9.47 Å². The Labute approximate surface area is 111 Å². The van der Waals surface area contributed by atoms with Crippen molar-refractivity contribution in [1.82, 2.24) is 14.6 Å². The number of aromatic nitrogens is 3. The number of H-pyrrole nitrogens is 1. The summed E-state index contributed by atoms with van der Waals surface area (Å²) in [7, 11) is 0. The summed E-state index contributed by atoms with van der Waals surface area (Å²) in [5.41, 5.74) is 1.82. The summed E-state index contributed by atoms with van der Waals surface area (Å²) in [6, 6.07) is 1.91. The van der Waals surface area contributed by atoms with E-state index in [0.717, 1.165) is 20.7 Å². The number of carbonyl (C=O) groups is 1. The molecule has 2 aromatic rings. The summed E-state index contributed by atoms with van der Waals surface area (Å²) in [6.07, 6.45) is 0.323. The van der Waals surface area contributed by atoms with Gasteiger partial charge in [-0.1, -0.05) is 0 Å². The van der Waals surface area contributed by atoms with Crippen LogP contribution >= 0.6 is 27.5 Å². The first-order chi connectivity index (χ1) is 8.06. The Balaban J connectivity index is 2.00. The van der Waals surface area contributed by atoms with Gasteiger partial charge >= 0.3 is 0 Å². The Hall–Kier alpha value is -1.21. The molecular formula is C10H11BrN4OS. The van der Waals surface area contributed by atoms with E-state index in [1.165, 1.54) is 11.5 Å². The maximum Gasteiger partial charge on any atom is 0.230 e. The highest BCUT2D eigenvalue weighted by Gasteiger charge is 2.12. The molecule has 0 unspecified atom stereocenters. The lowest BCUT2D eigenvalue weighted by Gasteiger charge is -2.00. The summed E-state index contributed by atoms with van der Waals surface area (Å²) in [5.74, 6) is 0.426. The topological polar surface area (TPSA) is 70.7 Å². The van der Waals surface area contributed by atoms with Gasteiger partial charge in [0.15, 0.2) is 5.82 Å². The van der Waals surface area contributed by atoms with Crippen molar-refractivity contribution in [3.63, 3.8) is 0 Å². The number of hydrogen-bond donors (Lipinski definition) is 2. The molecule has 0 aliphatic heterocycles. The van der Waals surface area contributed by atoms with Gasteiger partial charge in [-0.05, 0) is 47.4 Å². The zero-order chi connectivity index (χ0) is 12.4. The van der Waals surface area contributed by atoms with Crippen molar-refractivity contribution < 1.29 is 4.79 Å². The zero-order valence-corrected chi connectivity index (χ0v) is 11.8. The molecule has 2 aromatic heterocycles. The van der Waals surface area contributed by atoms with Gasteiger partial charge < -0.3 is 5.32 Å². The minimum Gasteiger partial charge on any atom is -0.308 e. The third-order valence-corrected chi connectivity index (χ3v) is 3.99. The summed E-state index contributed by atoms with van der Waals surface area (Å²) in [5, 5.41) is 9.51. The number of amides is 1. The molecule has 0 saturated carbocycles. The van der Waals surface area contributed by atoms with Crippen LogP contribution in [0.3, 0.4) is 0 Å². The summed E-state index contributed by atoms with van der Waals surface area (Å²) < 4.78 is 4.91. The molecule has 0 bridgehead atoms. The number of nitrogens with one attached hydrogen (secondary N) is 2. The maximum absolute atomic E-state index is 11.7. The molecular weight excluding hydrogens is 304 g/mol. The van der Waals surface area contributed by atoms with E-state index in [1.54, 1.807) is 0 Å². The summed E-state index contributed by atoms with van der Waals surface area (Å²) in [4.78, 5) is 12.7.